The predicted octanol–water partition coefficient (Wildman–Crippen LogP) is 2.95. The van der Waals surface area contributed by atoms with Gasteiger partial charge in [0.2, 0.25) is 10.0 Å². The van der Waals surface area contributed by atoms with Crippen molar-refractivity contribution in [1.82, 2.24) is 9.62 Å². The Kier molecular flexibility index (Phi) is 6.23. The Bertz CT molecular complexity index is 618. The van der Waals surface area contributed by atoms with Gasteiger partial charge in [-0.1, -0.05) is 26.0 Å². The molecule has 0 unspecified atom stereocenters. The monoisotopic (exact) mass is 338 g/mol. The highest BCUT2D eigenvalue weighted by Gasteiger charge is 2.21. The zero-order chi connectivity index (χ0) is 17.0. The van der Waals surface area contributed by atoms with Gasteiger partial charge in [0.05, 0.1) is 4.90 Å². The van der Waals surface area contributed by atoms with E-state index in [0.717, 1.165) is 49.0 Å². The van der Waals surface area contributed by atoms with Crippen LogP contribution < -0.4 is 4.72 Å². The minimum atomic E-state index is -3.41. The topological polar surface area (TPSA) is 49.4 Å². The molecule has 1 heterocycles. The highest BCUT2D eigenvalue weighted by molar-refractivity contribution is 7.89. The summed E-state index contributed by atoms with van der Waals surface area (Å²) in [6.45, 7) is 12.1. The van der Waals surface area contributed by atoms with Crippen molar-refractivity contribution in [3.63, 3.8) is 0 Å². The van der Waals surface area contributed by atoms with Crippen molar-refractivity contribution >= 4 is 10.0 Å². The predicted molar refractivity (Wildman–Crippen MR) is 95.1 cm³/mol. The lowest BCUT2D eigenvalue weighted by molar-refractivity contribution is 0.140. The number of hydrogen-bond donors (Lipinski definition) is 1. The van der Waals surface area contributed by atoms with Crippen LogP contribution >= 0.6 is 0 Å². The number of aryl methyl sites for hydroxylation is 2. The lowest BCUT2D eigenvalue weighted by Crippen LogP contribution is -2.40. The van der Waals surface area contributed by atoms with Crippen molar-refractivity contribution in [2.75, 3.05) is 26.2 Å². The zero-order valence-corrected chi connectivity index (χ0v) is 15.6. The number of sulfonamides is 1. The van der Waals surface area contributed by atoms with Gasteiger partial charge in [-0.15, -0.1) is 0 Å². The van der Waals surface area contributed by atoms with E-state index in [1.54, 1.807) is 6.07 Å². The Morgan fingerprint density at radius 2 is 1.83 bits per heavy atom. The van der Waals surface area contributed by atoms with E-state index >= 15 is 0 Å². The molecular formula is C18H30N2O2S. The fraction of sp³-hybridized carbons (Fsp3) is 0.667. The van der Waals surface area contributed by atoms with Gasteiger partial charge < -0.3 is 4.90 Å². The molecule has 1 N–H and O–H groups in total. The summed E-state index contributed by atoms with van der Waals surface area (Å²) in [5, 5.41) is 0. The number of nitrogens with zero attached hydrogens (tertiary/aromatic N) is 1. The number of benzene rings is 1. The van der Waals surface area contributed by atoms with Gasteiger partial charge in [-0.2, -0.15) is 0 Å². The normalized spacial score (nSPS) is 23.1. The van der Waals surface area contributed by atoms with Gasteiger partial charge in [0.1, 0.15) is 0 Å². The highest BCUT2D eigenvalue weighted by atomic mass is 32.2. The van der Waals surface area contributed by atoms with E-state index in [9.17, 15) is 8.42 Å². The smallest absolute Gasteiger partial charge is 0.240 e. The van der Waals surface area contributed by atoms with Crippen LogP contribution in [0.2, 0.25) is 0 Å². The highest BCUT2D eigenvalue weighted by Crippen LogP contribution is 2.21. The van der Waals surface area contributed by atoms with Crippen LogP contribution in [0.15, 0.2) is 23.1 Å². The Balaban J connectivity index is 1.84. The SMILES string of the molecule is Cc1ccc(C)c(S(=O)(=O)NCCCN2C[C@H](C)C[C@H](C)C2)c1. The van der Waals surface area contributed by atoms with E-state index in [2.05, 4.69) is 23.5 Å². The Hall–Kier alpha value is -0.910. The first-order valence-electron chi connectivity index (χ1n) is 8.57. The fourth-order valence-electron chi connectivity index (χ4n) is 3.56. The minimum Gasteiger partial charge on any atom is -0.303 e. The molecule has 4 nitrogen and oxygen atoms in total. The summed E-state index contributed by atoms with van der Waals surface area (Å²) in [5.74, 6) is 1.48. The van der Waals surface area contributed by atoms with E-state index in [0.29, 0.717) is 11.4 Å². The number of nitrogens with one attached hydrogen (secondary N) is 1. The van der Waals surface area contributed by atoms with Crippen LogP contribution in [0.3, 0.4) is 0 Å². The maximum absolute atomic E-state index is 12.4. The van der Waals surface area contributed by atoms with Crippen LogP contribution in [0.5, 0.6) is 0 Å². The van der Waals surface area contributed by atoms with Gasteiger partial charge in [0.25, 0.3) is 0 Å². The molecule has 1 aliphatic rings. The lowest BCUT2D eigenvalue weighted by atomic mass is 9.92. The number of rotatable bonds is 6. The Morgan fingerprint density at radius 1 is 1.17 bits per heavy atom. The summed E-state index contributed by atoms with van der Waals surface area (Å²) in [7, 11) is -3.41. The largest absolute Gasteiger partial charge is 0.303 e. The zero-order valence-electron chi connectivity index (χ0n) is 14.8. The maximum atomic E-state index is 12.4. The molecule has 0 spiro atoms. The van der Waals surface area contributed by atoms with E-state index in [1.165, 1.54) is 6.42 Å². The molecule has 2 rings (SSSR count). The van der Waals surface area contributed by atoms with Crippen molar-refractivity contribution in [2.24, 2.45) is 11.8 Å². The molecule has 23 heavy (non-hydrogen) atoms. The van der Waals surface area contributed by atoms with Gasteiger partial charge in [0.15, 0.2) is 0 Å². The first kappa shape index (κ1) is 18.4. The quantitative estimate of drug-likeness (QED) is 0.811. The lowest BCUT2D eigenvalue weighted by Gasteiger charge is -2.34. The van der Waals surface area contributed by atoms with Crippen LogP contribution in [-0.2, 0) is 10.0 Å². The van der Waals surface area contributed by atoms with Crippen LogP contribution in [0.4, 0.5) is 0 Å². The van der Waals surface area contributed by atoms with Gasteiger partial charge in [-0.05, 0) is 62.3 Å². The third kappa shape index (κ3) is 5.30. The maximum Gasteiger partial charge on any atom is 0.240 e. The fourth-order valence-corrected chi connectivity index (χ4v) is 4.96. The van der Waals surface area contributed by atoms with E-state index < -0.39 is 10.0 Å². The molecule has 0 aliphatic carbocycles. The van der Waals surface area contributed by atoms with Gasteiger partial charge in [0, 0.05) is 19.6 Å². The molecule has 0 bridgehead atoms. The van der Waals surface area contributed by atoms with Crippen LogP contribution in [0.1, 0.15) is 37.8 Å². The van der Waals surface area contributed by atoms with Crippen molar-refractivity contribution in [3.05, 3.63) is 29.3 Å². The molecule has 0 saturated carbocycles. The van der Waals surface area contributed by atoms with Crippen molar-refractivity contribution < 1.29 is 8.42 Å². The molecule has 1 aliphatic heterocycles. The minimum absolute atomic E-state index is 0.401. The first-order chi connectivity index (χ1) is 10.8. The van der Waals surface area contributed by atoms with Gasteiger partial charge in [-0.25, -0.2) is 13.1 Å². The molecular weight excluding hydrogens is 308 g/mol. The van der Waals surface area contributed by atoms with Crippen molar-refractivity contribution in [3.8, 4) is 0 Å². The summed E-state index contributed by atoms with van der Waals surface area (Å²) >= 11 is 0. The summed E-state index contributed by atoms with van der Waals surface area (Å²) in [5.41, 5.74) is 1.76. The van der Waals surface area contributed by atoms with E-state index in [-0.39, 0.29) is 0 Å². The van der Waals surface area contributed by atoms with Crippen LogP contribution in [0, 0.1) is 25.7 Å². The molecule has 1 saturated heterocycles. The molecule has 2 atom stereocenters. The van der Waals surface area contributed by atoms with Crippen LogP contribution in [-0.4, -0.2) is 39.5 Å². The average molecular weight is 339 g/mol. The molecule has 0 amide bonds. The number of hydrogen-bond acceptors (Lipinski definition) is 3. The standard InChI is InChI=1S/C18H30N2O2S/c1-14-6-7-17(4)18(11-14)23(21,22)19-8-5-9-20-12-15(2)10-16(3)13-20/h6-7,11,15-16,19H,5,8-10,12-13H2,1-4H3/t15-,16+. The number of piperidine rings is 1. The average Bonchev–Trinajstić information content (AvgIpc) is 2.45. The van der Waals surface area contributed by atoms with Crippen LogP contribution in [0.25, 0.3) is 0 Å². The summed E-state index contributed by atoms with van der Waals surface area (Å²) in [4.78, 5) is 2.86. The second kappa shape index (κ2) is 7.77. The second-order valence-electron chi connectivity index (χ2n) is 7.23. The molecule has 130 valence electrons. The van der Waals surface area contributed by atoms with Crippen molar-refractivity contribution in [2.45, 2.75) is 45.4 Å². The molecule has 1 fully saturated rings. The van der Waals surface area contributed by atoms with Crippen molar-refractivity contribution in [1.29, 1.82) is 0 Å². The second-order valence-corrected chi connectivity index (χ2v) is 8.96. The molecule has 0 aromatic heterocycles. The summed E-state index contributed by atoms with van der Waals surface area (Å²) in [6.07, 6.45) is 2.15. The Morgan fingerprint density at radius 3 is 2.48 bits per heavy atom. The molecule has 0 radical (unpaired) electrons. The Labute approximate surface area is 141 Å². The summed E-state index contributed by atoms with van der Waals surface area (Å²) < 4.78 is 27.6. The third-order valence-corrected chi connectivity index (χ3v) is 6.12. The first-order valence-corrected chi connectivity index (χ1v) is 10.1. The summed E-state index contributed by atoms with van der Waals surface area (Å²) in [6, 6.07) is 5.54. The molecule has 5 heteroatoms. The van der Waals surface area contributed by atoms with E-state index in [1.807, 2.05) is 26.0 Å². The van der Waals surface area contributed by atoms with E-state index in [4.69, 9.17) is 0 Å². The molecule has 1 aromatic rings. The third-order valence-electron chi connectivity index (χ3n) is 4.52. The van der Waals surface area contributed by atoms with Gasteiger partial charge >= 0.3 is 0 Å². The molecule has 1 aromatic carbocycles. The van der Waals surface area contributed by atoms with Gasteiger partial charge in [-0.3, -0.25) is 0 Å². The number of likely N-dealkylation sites (tertiary alicyclic amines) is 1.